The van der Waals surface area contributed by atoms with Crippen LogP contribution in [0, 0.1) is 0 Å². The molecule has 0 unspecified atom stereocenters. The summed E-state index contributed by atoms with van der Waals surface area (Å²) in [5, 5.41) is 0. The van der Waals surface area contributed by atoms with E-state index in [1.807, 2.05) is 0 Å². The monoisotopic (exact) mass is 370 g/mol. The molecular weight excluding hydrogens is 344 g/mol. The van der Waals surface area contributed by atoms with Gasteiger partial charge in [-0.1, -0.05) is 0 Å². The second-order valence-electron chi connectivity index (χ2n) is 3.86. The molecule has 0 radical (unpaired) electrons. The van der Waals surface area contributed by atoms with E-state index in [1.54, 1.807) is 28.1 Å². The van der Waals surface area contributed by atoms with Gasteiger partial charge in [-0.15, -0.1) is 0 Å². The summed E-state index contributed by atoms with van der Waals surface area (Å²) < 4.78 is 18.2. The molecule has 23 heavy (non-hydrogen) atoms. The molecule has 0 rings (SSSR count). The van der Waals surface area contributed by atoms with Crippen molar-refractivity contribution in [2.75, 3.05) is 27.4 Å². The Hall–Kier alpha value is -1.09. The van der Waals surface area contributed by atoms with E-state index in [2.05, 4.69) is 16.1 Å². The zero-order valence-corrected chi connectivity index (χ0v) is 16.2. The Balaban J connectivity index is -0.000000273. The standard InChI is InChI=1S/2C6H10O3.2CH3O.Ti/c2*1-3-9-6(8)4-5(2)7;2*1-2;/h2*3-4H2,1-2H3;2*1H3;/q;;2*-1;+2. The molecule has 9 heteroatoms. The second-order valence-corrected chi connectivity index (χ2v) is 5.39. The van der Waals surface area contributed by atoms with Gasteiger partial charge in [0, 0.05) is 0 Å². The summed E-state index contributed by atoms with van der Waals surface area (Å²) in [7, 11) is 3.28. The summed E-state index contributed by atoms with van der Waals surface area (Å²) in [6.45, 7) is 6.81. The summed E-state index contributed by atoms with van der Waals surface area (Å²) in [6, 6.07) is 0. The minimum atomic E-state index is -0.472. The third kappa shape index (κ3) is 33.6. The second kappa shape index (κ2) is 20.9. The maximum atomic E-state index is 10.4. The van der Waals surface area contributed by atoms with Gasteiger partial charge in [0.15, 0.2) is 0 Å². The van der Waals surface area contributed by atoms with Crippen LogP contribution in [0.4, 0.5) is 0 Å². The number of esters is 2. The predicted octanol–water partition coefficient (Wildman–Crippen LogP) is 1.25. The maximum absolute atomic E-state index is 10.4. The fourth-order valence-electron chi connectivity index (χ4n) is 0.914. The van der Waals surface area contributed by atoms with Crippen molar-refractivity contribution < 1.29 is 55.2 Å². The van der Waals surface area contributed by atoms with Gasteiger partial charge in [0.05, 0.1) is 13.2 Å². The zero-order chi connectivity index (χ0) is 18.7. The van der Waals surface area contributed by atoms with Gasteiger partial charge >= 0.3 is 52.7 Å². The topological polar surface area (TPSA) is 105 Å². The van der Waals surface area contributed by atoms with Gasteiger partial charge in [-0.3, -0.25) is 19.2 Å². The number of carbonyl (C=O) groups excluding carboxylic acids is 4. The Bertz CT molecular complexity index is 312. The fraction of sp³-hybridized carbons (Fsp3) is 0.714. The quantitative estimate of drug-likeness (QED) is 0.357. The number of ether oxygens (including phenoxy) is 2. The van der Waals surface area contributed by atoms with Gasteiger partial charge in [0.25, 0.3) is 0 Å². The first-order valence-electron chi connectivity index (χ1n) is 6.86. The molecule has 0 aliphatic rings. The van der Waals surface area contributed by atoms with Gasteiger partial charge in [0.2, 0.25) is 0 Å². The van der Waals surface area contributed by atoms with E-state index in [0.29, 0.717) is 13.2 Å². The molecule has 0 aliphatic heterocycles. The third-order valence-corrected chi connectivity index (χ3v) is 2.08. The molecule has 0 aromatic carbocycles. The van der Waals surface area contributed by atoms with E-state index in [4.69, 9.17) is 0 Å². The van der Waals surface area contributed by atoms with Crippen molar-refractivity contribution in [2.24, 2.45) is 0 Å². The summed E-state index contributed by atoms with van der Waals surface area (Å²) in [4.78, 5) is 41.3. The SMILES string of the molecule is CCOC(=O)CC(C)=O.CCOC(=O)CC(C)=O.C[O][Ti][O]C. The van der Waals surface area contributed by atoms with E-state index < -0.39 is 31.9 Å². The molecule has 0 amide bonds. The first-order chi connectivity index (χ1) is 10.7. The van der Waals surface area contributed by atoms with Crippen LogP contribution in [-0.4, -0.2) is 50.9 Å². The molecule has 0 aromatic rings. The van der Waals surface area contributed by atoms with Gasteiger partial charge < -0.3 is 9.47 Å². The molecule has 0 N–H and O–H groups in total. The average molecular weight is 370 g/mol. The van der Waals surface area contributed by atoms with E-state index in [0.717, 1.165) is 0 Å². The molecule has 0 spiro atoms. The van der Waals surface area contributed by atoms with Crippen LogP contribution in [0.5, 0.6) is 0 Å². The van der Waals surface area contributed by atoms with E-state index in [-0.39, 0.29) is 24.4 Å². The molecule has 0 heterocycles. The van der Waals surface area contributed by atoms with E-state index >= 15 is 0 Å². The molecule has 0 aliphatic carbocycles. The van der Waals surface area contributed by atoms with Gasteiger partial charge in [-0.2, -0.15) is 0 Å². The predicted molar refractivity (Wildman–Crippen MR) is 77.9 cm³/mol. The third-order valence-electron chi connectivity index (χ3n) is 1.56. The van der Waals surface area contributed by atoms with Crippen LogP contribution in [0.1, 0.15) is 40.5 Å². The number of hydrogen-bond acceptors (Lipinski definition) is 8. The van der Waals surface area contributed by atoms with Crippen LogP contribution >= 0.6 is 0 Å². The van der Waals surface area contributed by atoms with Crippen molar-refractivity contribution in [3.8, 4) is 0 Å². The van der Waals surface area contributed by atoms with Crippen LogP contribution in [0.15, 0.2) is 0 Å². The van der Waals surface area contributed by atoms with Gasteiger partial charge in [-0.05, 0) is 27.7 Å². The van der Waals surface area contributed by atoms with Gasteiger partial charge in [0.1, 0.15) is 24.4 Å². The fourth-order valence-corrected chi connectivity index (χ4v) is 1.17. The number of Topliss-reactive ketones (excluding diaryl/α,β-unsaturated/α-hetero) is 2. The normalized spacial score (nSPS) is 8.43. The van der Waals surface area contributed by atoms with Crippen LogP contribution < -0.4 is 0 Å². The summed E-state index contributed by atoms with van der Waals surface area (Å²) in [6.07, 6.45) is -0.207. The first-order valence-corrected chi connectivity index (χ1v) is 8.13. The summed E-state index contributed by atoms with van der Waals surface area (Å²) >= 11 is -0.472. The first kappa shape index (κ1) is 26.8. The Morgan fingerprint density at radius 2 is 1.04 bits per heavy atom. The van der Waals surface area contributed by atoms with Crippen molar-refractivity contribution in [3.05, 3.63) is 0 Å². The Morgan fingerprint density at radius 1 is 0.739 bits per heavy atom. The minimum absolute atomic E-state index is 0.103. The van der Waals surface area contributed by atoms with E-state index in [1.165, 1.54) is 13.8 Å². The van der Waals surface area contributed by atoms with Crippen molar-refractivity contribution in [1.82, 2.24) is 0 Å². The number of ketones is 2. The molecule has 0 bridgehead atoms. The number of rotatable bonds is 8. The Labute approximate surface area is 147 Å². The summed E-state index contributed by atoms with van der Waals surface area (Å²) in [5.74, 6) is -1.20. The molecule has 0 atom stereocenters. The van der Waals surface area contributed by atoms with Crippen LogP contribution in [0.2, 0.25) is 0 Å². The van der Waals surface area contributed by atoms with Crippen LogP contribution in [0.3, 0.4) is 0 Å². The van der Waals surface area contributed by atoms with Crippen LogP contribution in [0.25, 0.3) is 0 Å². The number of hydrogen-bond donors (Lipinski definition) is 0. The van der Waals surface area contributed by atoms with Crippen molar-refractivity contribution >= 4 is 23.5 Å². The van der Waals surface area contributed by atoms with Crippen molar-refractivity contribution in [3.63, 3.8) is 0 Å². The molecule has 0 fully saturated rings. The molecule has 0 saturated heterocycles. The molecule has 0 aromatic heterocycles. The van der Waals surface area contributed by atoms with E-state index in [9.17, 15) is 19.2 Å². The van der Waals surface area contributed by atoms with Gasteiger partial charge in [-0.25, -0.2) is 0 Å². The molecule has 8 nitrogen and oxygen atoms in total. The Kier molecular flexibility index (Phi) is 24.4. The van der Waals surface area contributed by atoms with Crippen molar-refractivity contribution in [1.29, 1.82) is 0 Å². The Morgan fingerprint density at radius 3 is 1.17 bits per heavy atom. The summed E-state index contributed by atoms with van der Waals surface area (Å²) in [5.41, 5.74) is 0. The number of carbonyl (C=O) groups is 4. The molecule has 134 valence electrons. The molecule has 0 saturated carbocycles. The van der Waals surface area contributed by atoms with Crippen molar-refractivity contribution in [2.45, 2.75) is 40.5 Å². The molecular formula is C14H26O8Ti. The zero-order valence-electron chi connectivity index (χ0n) is 14.6. The van der Waals surface area contributed by atoms with Crippen LogP contribution in [-0.2, 0) is 55.2 Å². The average Bonchev–Trinajstić information content (AvgIpc) is 2.39.